The van der Waals surface area contributed by atoms with Gasteiger partial charge in [-0.3, -0.25) is 9.59 Å². The minimum Gasteiger partial charge on any atom is -0.490 e. The molecule has 0 aliphatic rings. The van der Waals surface area contributed by atoms with Gasteiger partial charge < -0.3 is 25.8 Å². The van der Waals surface area contributed by atoms with Gasteiger partial charge in [0.1, 0.15) is 6.04 Å². The van der Waals surface area contributed by atoms with E-state index in [4.69, 9.17) is 15.2 Å². The zero-order chi connectivity index (χ0) is 19.8. The number of carbonyl (C=O) groups excluding carboxylic acids is 2. The van der Waals surface area contributed by atoms with E-state index in [1.807, 2.05) is 26.0 Å². The Hall–Kier alpha value is -3.22. The smallest absolute Gasteiger partial charge is 0.248 e. The lowest BCUT2D eigenvalue weighted by Gasteiger charge is -2.17. The summed E-state index contributed by atoms with van der Waals surface area (Å²) in [7, 11) is 0. The standard InChI is InChI=1S/C20H25N3O4/c1-4-26-17-11-10-16(12-18(17)27-5-2)22-13(3)20(25)23-15-8-6-14(7-9-15)19(21)24/h6-13,22H,4-5H2,1-3H3,(H2,21,24)(H,23,25)/t13-/m1/s1. The van der Waals surface area contributed by atoms with E-state index >= 15 is 0 Å². The number of anilines is 2. The Morgan fingerprint density at radius 2 is 1.56 bits per heavy atom. The fourth-order valence-electron chi connectivity index (χ4n) is 2.42. The first-order valence-electron chi connectivity index (χ1n) is 8.81. The Morgan fingerprint density at radius 3 is 2.15 bits per heavy atom. The molecule has 0 saturated carbocycles. The molecule has 0 aromatic heterocycles. The minimum atomic E-state index is -0.511. The van der Waals surface area contributed by atoms with Crippen LogP contribution in [-0.4, -0.2) is 31.1 Å². The van der Waals surface area contributed by atoms with Crippen LogP contribution >= 0.6 is 0 Å². The van der Waals surface area contributed by atoms with Crippen molar-refractivity contribution in [3.63, 3.8) is 0 Å². The molecular weight excluding hydrogens is 346 g/mol. The van der Waals surface area contributed by atoms with E-state index in [0.717, 1.165) is 5.69 Å². The molecule has 0 aliphatic heterocycles. The van der Waals surface area contributed by atoms with Gasteiger partial charge in [-0.1, -0.05) is 0 Å². The second kappa shape index (κ2) is 9.47. The topological polar surface area (TPSA) is 103 Å². The van der Waals surface area contributed by atoms with E-state index < -0.39 is 11.9 Å². The number of ether oxygens (including phenoxy) is 2. The number of amides is 2. The first kappa shape index (κ1) is 20.1. The molecule has 0 bridgehead atoms. The summed E-state index contributed by atoms with van der Waals surface area (Å²) in [6.45, 7) is 6.62. The lowest BCUT2D eigenvalue weighted by atomic mass is 10.2. The molecule has 0 saturated heterocycles. The Kier molecular flexibility index (Phi) is 7.05. The van der Waals surface area contributed by atoms with Crippen LogP contribution in [-0.2, 0) is 4.79 Å². The normalized spacial score (nSPS) is 11.4. The summed E-state index contributed by atoms with van der Waals surface area (Å²) in [6, 6.07) is 11.4. The van der Waals surface area contributed by atoms with E-state index in [0.29, 0.717) is 36.0 Å². The molecule has 0 aliphatic carbocycles. The maximum Gasteiger partial charge on any atom is 0.248 e. The number of hydrogen-bond donors (Lipinski definition) is 3. The SMILES string of the molecule is CCOc1ccc(N[C@H](C)C(=O)Nc2ccc(C(N)=O)cc2)cc1OCC. The predicted octanol–water partition coefficient (Wildman–Crippen LogP) is 3.02. The van der Waals surface area contributed by atoms with Gasteiger partial charge in [0.15, 0.2) is 11.5 Å². The van der Waals surface area contributed by atoms with Crippen LogP contribution in [0, 0.1) is 0 Å². The van der Waals surface area contributed by atoms with Gasteiger partial charge in [0.2, 0.25) is 11.8 Å². The maximum atomic E-state index is 12.4. The zero-order valence-corrected chi connectivity index (χ0v) is 15.7. The molecule has 7 nitrogen and oxygen atoms in total. The monoisotopic (exact) mass is 371 g/mol. The van der Waals surface area contributed by atoms with Gasteiger partial charge in [0, 0.05) is 23.0 Å². The maximum absolute atomic E-state index is 12.4. The molecule has 2 aromatic rings. The number of nitrogens with two attached hydrogens (primary N) is 1. The number of primary amides is 1. The Bertz CT molecular complexity index is 790. The first-order chi connectivity index (χ1) is 12.9. The summed E-state index contributed by atoms with van der Waals surface area (Å²) >= 11 is 0. The van der Waals surface area contributed by atoms with Crippen molar-refractivity contribution in [1.29, 1.82) is 0 Å². The average Bonchev–Trinajstić information content (AvgIpc) is 2.64. The van der Waals surface area contributed by atoms with Gasteiger partial charge in [-0.15, -0.1) is 0 Å². The van der Waals surface area contributed by atoms with Gasteiger partial charge in [-0.05, 0) is 57.2 Å². The van der Waals surface area contributed by atoms with Crippen LogP contribution in [0.2, 0.25) is 0 Å². The molecule has 27 heavy (non-hydrogen) atoms. The summed E-state index contributed by atoms with van der Waals surface area (Å²) < 4.78 is 11.1. The third-order valence-corrected chi connectivity index (χ3v) is 3.76. The number of carbonyl (C=O) groups is 2. The third kappa shape index (κ3) is 5.64. The highest BCUT2D eigenvalue weighted by Gasteiger charge is 2.14. The lowest BCUT2D eigenvalue weighted by molar-refractivity contribution is -0.116. The Morgan fingerprint density at radius 1 is 0.963 bits per heavy atom. The second-order valence-electron chi connectivity index (χ2n) is 5.82. The largest absolute Gasteiger partial charge is 0.490 e. The van der Waals surface area contributed by atoms with Crippen LogP contribution in [0.4, 0.5) is 11.4 Å². The van der Waals surface area contributed by atoms with Crippen LogP contribution in [0.15, 0.2) is 42.5 Å². The second-order valence-corrected chi connectivity index (χ2v) is 5.82. The van der Waals surface area contributed by atoms with Crippen molar-refractivity contribution in [2.24, 2.45) is 5.73 Å². The summed E-state index contributed by atoms with van der Waals surface area (Å²) in [6.07, 6.45) is 0. The molecule has 0 spiro atoms. The zero-order valence-electron chi connectivity index (χ0n) is 15.7. The van der Waals surface area contributed by atoms with Crippen molar-refractivity contribution in [2.45, 2.75) is 26.8 Å². The fourth-order valence-corrected chi connectivity index (χ4v) is 2.42. The minimum absolute atomic E-state index is 0.214. The van der Waals surface area contributed by atoms with Crippen LogP contribution < -0.4 is 25.8 Å². The fraction of sp³-hybridized carbons (Fsp3) is 0.300. The van der Waals surface area contributed by atoms with Gasteiger partial charge in [-0.2, -0.15) is 0 Å². The summed E-state index contributed by atoms with van der Waals surface area (Å²) in [5.74, 6) is 0.563. The molecule has 0 unspecified atom stereocenters. The van der Waals surface area contributed by atoms with Gasteiger partial charge in [-0.25, -0.2) is 0 Å². The highest BCUT2D eigenvalue weighted by atomic mass is 16.5. The predicted molar refractivity (Wildman–Crippen MR) is 105 cm³/mol. The quantitative estimate of drug-likeness (QED) is 0.629. The van der Waals surface area contributed by atoms with Crippen LogP contribution in [0.5, 0.6) is 11.5 Å². The average molecular weight is 371 g/mol. The highest BCUT2D eigenvalue weighted by molar-refractivity contribution is 5.97. The lowest BCUT2D eigenvalue weighted by Crippen LogP contribution is -2.31. The number of rotatable bonds is 9. The van der Waals surface area contributed by atoms with Crippen molar-refractivity contribution in [3.05, 3.63) is 48.0 Å². The van der Waals surface area contributed by atoms with Gasteiger partial charge >= 0.3 is 0 Å². The molecule has 1 atom stereocenters. The van der Waals surface area contributed by atoms with E-state index in [9.17, 15) is 9.59 Å². The van der Waals surface area contributed by atoms with Crippen molar-refractivity contribution in [3.8, 4) is 11.5 Å². The summed E-state index contributed by atoms with van der Waals surface area (Å²) in [5.41, 5.74) is 6.92. The van der Waals surface area contributed by atoms with Crippen molar-refractivity contribution in [2.75, 3.05) is 23.8 Å². The van der Waals surface area contributed by atoms with E-state index in [2.05, 4.69) is 10.6 Å². The molecule has 2 aromatic carbocycles. The molecular formula is C20H25N3O4. The van der Waals surface area contributed by atoms with Crippen LogP contribution in [0.25, 0.3) is 0 Å². The Labute approximate surface area is 158 Å². The van der Waals surface area contributed by atoms with Crippen LogP contribution in [0.3, 0.4) is 0 Å². The molecule has 4 N–H and O–H groups in total. The van der Waals surface area contributed by atoms with Crippen molar-refractivity contribution < 1.29 is 19.1 Å². The summed E-state index contributed by atoms with van der Waals surface area (Å²) in [4.78, 5) is 23.5. The highest BCUT2D eigenvalue weighted by Crippen LogP contribution is 2.30. The first-order valence-corrected chi connectivity index (χ1v) is 8.81. The van der Waals surface area contributed by atoms with Crippen LogP contribution in [0.1, 0.15) is 31.1 Å². The van der Waals surface area contributed by atoms with Gasteiger partial charge in [0.05, 0.1) is 13.2 Å². The van der Waals surface area contributed by atoms with E-state index in [-0.39, 0.29) is 5.91 Å². The van der Waals surface area contributed by atoms with Crippen molar-refractivity contribution >= 4 is 23.2 Å². The van der Waals surface area contributed by atoms with E-state index in [1.54, 1.807) is 37.3 Å². The molecule has 2 rings (SSSR count). The molecule has 144 valence electrons. The van der Waals surface area contributed by atoms with Gasteiger partial charge in [0.25, 0.3) is 0 Å². The van der Waals surface area contributed by atoms with E-state index in [1.165, 1.54) is 0 Å². The molecule has 0 heterocycles. The number of hydrogen-bond acceptors (Lipinski definition) is 5. The molecule has 0 radical (unpaired) electrons. The Balaban J connectivity index is 2.02. The molecule has 2 amide bonds. The number of benzene rings is 2. The van der Waals surface area contributed by atoms with Crippen molar-refractivity contribution in [1.82, 2.24) is 0 Å². The molecule has 0 fully saturated rings. The summed E-state index contributed by atoms with van der Waals surface area (Å²) in [5, 5.41) is 5.93. The molecule has 7 heteroatoms. The third-order valence-electron chi connectivity index (χ3n) is 3.76. The number of nitrogens with one attached hydrogen (secondary N) is 2.